The molecular weight excluding hydrogens is 470 g/mol. The number of aliphatic hydroxyl groups excluding tert-OH is 2. The molecule has 11 heteroatoms. The molecule has 4 N–H and O–H groups in total. The third kappa shape index (κ3) is 5.24. The molecule has 1 amide bonds. The number of methoxy groups -OCH3 is 1. The van der Waals surface area contributed by atoms with Crippen LogP contribution in [0.4, 0.5) is 5.82 Å². The van der Waals surface area contributed by atoms with Crippen molar-refractivity contribution in [3.63, 3.8) is 0 Å². The number of nitrogens with zero attached hydrogens (tertiary/aromatic N) is 3. The molecule has 10 nitrogen and oxygen atoms in total. The molecule has 0 aromatic carbocycles. The van der Waals surface area contributed by atoms with Gasteiger partial charge in [-0.25, -0.2) is 9.97 Å². The third-order valence-corrected chi connectivity index (χ3v) is 7.28. The van der Waals surface area contributed by atoms with Crippen molar-refractivity contribution in [1.29, 1.82) is 0 Å². The number of pyridine rings is 3. The number of carbonyl (C=O) groups excluding carboxylic acids is 1. The second-order valence-corrected chi connectivity index (χ2v) is 9.59. The van der Waals surface area contributed by atoms with Gasteiger partial charge in [-0.2, -0.15) is 0 Å². The molecule has 2 aliphatic rings. The predicted octanol–water partition coefficient (Wildman–Crippen LogP) is 1.81. The van der Waals surface area contributed by atoms with Crippen LogP contribution in [0.25, 0.3) is 11.0 Å². The fourth-order valence-electron chi connectivity index (χ4n) is 4.32. The fraction of sp³-hybridized carbons (Fsp3) is 0.417. The Balaban J connectivity index is 1.17. The van der Waals surface area contributed by atoms with Gasteiger partial charge in [-0.1, -0.05) is 0 Å². The summed E-state index contributed by atoms with van der Waals surface area (Å²) in [6.45, 7) is 0.934. The molecule has 0 bridgehead atoms. The first-order valence-electron chi connectivity index (χ1n) is 11.4. The van der Waals surface area contributed by atoms with Crippen molar-refractivity contribution in [1.82, 2.24) is 20.3 Å². The lowest BCUT2D eigenvalue weighted by Crippen LogP contribution is -2.45. The molecule has 1 saturated heterocycles. The third-order valence-electron chi connectivity index (χ3n) is 6.24. The minimum Gasteiger partial charge on any atom is -0.481 e. The first kappa shape index (κ1) is 23.9. The Bertz CT molecular complexity index is 1220. The van der Waals surface area contributed by atoms with E-state index in [9.17, 15) is 15.0 Å². The van der Waals surface area contributed by atoms with Gasteiger partial charge in [0, 0.05) is 30.4 Å². The standard InChI is InChI=1S/C24H27N5O5S/c1-33-20-7-4-16-21(29-20)15(8-9-25-16)22(31)23(32)17-5-2-14(11-34-17)26-10-13-3-6-18-24(27-13)28-19(30)12-35-18/h3-4,6-9,14,17,22-23,26,31-32H,2,5,10-12H2,1H3,(H,27,28,30)/t14-,17+,22+,23-/m1/s1. The van der Waals surface area contributed by atoms with Gasteiger partial charge in [0.25, 0.3) is 0 Å². The van der Waals surface area contributed by atoms with Crippen LogP contribution in [-0.2, 0) is 16.1 Å². The molecule has 4 atom stereocenters. The molecule has 5 heterocycles. The SMILES string of the molecule is COc1ccc2nccc([C@H](O)[C@H](O)[C@@H]3CC[C@@H](NCc4ccc5c(n4)NC(=O)CS5)CO3)c2n1. The highest BCUT2D eigenvalue weighted by Crippen LogP contribution is 2.31. The molecule has 0 spiro atoms. The van der Waals surface area contributed by atoms with E-state index in [0.717, 1.165) is 17.0 Å². The number of amides is 1. The van der Waals surface area contributed by atoms with E-state index in [4.69, 9.17) is 9.47 Å². The maximum atomic E-state index is 11.6. The second-order valence-electron chi connectivity index (χ2n) is 8.57. The molecule has 1 fully saturated rings. The Labute approximate surface area is 206 Å². The number of anilines is 1. The molecular formula is C24H27N5O5S. The number of fused-ring (bicyclic) bond motifs is 2. The summed E-state index contributed by atoms with van der Waals surface area (Å²) < 4.78 is 11.1. The lowest BCUT2D eigenvalue weighted by atomic mass is 9.94. The van der Waals surface area contributed by atoms with E-state index in [1.165, 1.54) is 18.9 Å². The number of thioether (sulfide) groups is 1. The molecule has 0 aliphatic carbocycles. The zero-order valence-corrected chi connectivity index (χ0v) is 20.0. The number of hydrogen-bond acceptors (Lipinski definition) is 10. The summed E-state index contributed by atoms with van der Waals surface area (Å²) in [5, 5.41) is 28.1. The highest BCUT2D eigenvalue weighted by Gasteiger charge is 2.33. The zero-order chi connectivity index (χ0) is 24.4. The van der Waals surface area contributed by atoms with E-state index < -0.39 is 18.3 Å². The summed E-state index contributed by atoms with van der Waals surface area (Å²) in [4.78, 5) is 25.8. The van der Waals surface area contributed by atoms with Crippen molar-refractivity contribution in [3.05, 3.63) is 47.8 Å². The number of carbonyl (C=O) groups is 1. The molecule has 3 aromatic rings. The lowest BCUT2D eigenvalue weighted by molar-refractivity contribution is -0.114. The minimum absolute atomic E-state index is 0.0396. The monoisotopic (exact) mass is 497 g/mol. The molecule has 0 radical (unpaired) electrons. The Kier molecular flexibility index (Phi) is 7.12. The Morgan fingerprint density at radius 1 is 1.23 bits per heavy atom. The van der Waals surface area contributed by atoms with Crippen LogP contribution in [-0.4, -0.2) is 68.8 Å². The van der Waals surface area contributed by atoms with Gasteiger partial charge in [0.2, 0.25) is 11.8 Å². The van der Waals surface area contributed by atoms with Crippen LogP contribution in [0.5, 0.6) is 5.88 Å². The largest absolute Gasteiger partial charge is 0.481 e. The number of ether oxygens (including phenoxy) is 2. The Hall–Kier alpha value is -2.83. The van der Waals surface area contributed by atoms with Crippen molar-refractivity contribution >= 4 is 34.5 Å². The number of aliphatic hydroxyl groups is 2. The first-order valence-corrected chi connectivity index (χ1v) is 12.4. The van der Waals surface area contributed by atoms with E-state index >= 15 is 0 Å². The molecule has 0 saturated carbocycles. The van der Waals surface area contributed by atoms with Gasteiger partial charge >= 0.3 is 0 Å². The maximum Gasteiger partial charge on any atom is 0.235 e. The Morgan fingerprint density at radius 2 is 2.11 bits per heavy atom. The van der Waals surface area contributed by atoms with Crippen molar-refractivity contribution < 1.29 is 24.5 Å². The summed E-state index contributed by atoms with van der Waals surface area (Å²) >= 11 is 1.48. The fourth-order valence-corrected chi connectivity index (χ4v) is 5.08. The highest BCUT2D eigenvalue weighted by molar-refractivity contribution is 8.00. The molecule has 5 rings (SSSR count). The second kappa shape index (κ2) is 10.4. The average Bonchev–Trinajstić information content (AvgIpc) is 2.90. The molecule has 2 aliphatic heterocycles. The normalized spacial score (nSPS) is 21.7. The van der Waals surface area contributed by atoms with Crippen molar-refractivity contribution in [2.24, 2.45) is 0 Å². The topological polar surface area (TPSA) is 139 Å². The van der Waals surface area contributed by atoms with Gasteiger partial charge in [-0.05, 0) is 37.1 Å². The smallest absolute Gasteiger partial charge is 0.235 e. The zero-order valence-electron chi connectivity index (χ0n) is 19.2. The number of hydrogen-bond donors (Lipinski definition) is 4. The van der Waals surface area contributed by atoms with E-state index in [1.54, 1.807) is 24.4 Å². The first-order chi connectivity index (χ1) is 17.0. The van der Waals surface area contributed by atoms with E-state index in [-0.39, 0.29) is 11.9 Å². The van der Waals surface area contributed by atoms with Crippen LogP contribution in [0.3, 0.4) is 0 Å². The van der Waals surface area contributed by atoms with Crippen molar-refractivity contribution in [2.75, 3.05) is 24.8 Å². The van der Waals surface area contributed by atoms with E-state index in [0.29, 0.717) is 53.6 Å². The summed E-state index contributed by atoms with van der Waals surface area (Å²) in [6.07, 6.45) is 0.142. The van der Waals surface area contributed by atoms with Gasteiger partial charge in [0.15, 0.2) is 0 Å². The maximum absolute atomic E-state index is 11.6. The van der Waals surface area contributed by atoms with Gasteiger partial charge in [-0.15, -0.1) is 11.8 Å². The molecule has 35 heavy (non-hydrogen) atoms. The summed E-state index contributed by atoms with van der Waals surface area (Å²) in [5.74, 6) is 1.39. The van der Waals surface area contributed by atoms with Crippen LogP contribution in [0.2, 0.25) is 0 Å². The van der Waals surface area contributed by atoms with Gasteiger partial charge < -0.3 is 30.3 Å². The number of aromatic nitrogens is 3. The number of rotatable bonds is 7. The van der Waals surface area contributed by atoms with Crippen molar-refractivity contribution in [2.45, 2.75) is 48.6 Å². The van der Waals surface area contributed by atoms with Crippen LogP contribution >= 0.6 is 11.8 Å². The quantitative estimate of drug-likeness (QED) is 0.382. The summed E-state index contributed by atoms with van der Waals surface area (Å²) in [7, 11) is 1.52. The van der Waals surface area contributed by atoms with Crippen LogP contribution < -0.4 is 15.4 Å². The van der Waals surface area contributed by atoms with Crippen molar-refractivity contribution in [3.8, 4) is 5.88 Å². The van der Waals surface area contributed by atoms with E-state index in [2.05, 4.69) is 25.6 Å². The van der Waals surface area contributed by atoms with Crippen LogP contribution in [0.15, 0.2) is 41.4 Å². The molecule has 184 valence electrons. The van der Waals surface area contributed by atoms with Crippen LogP contribution in [0, 0.1) is 0 Å². The predicted molar refractivity (Wildman–Crippen MR) is 130 cm³/mol. The van der Waals surface area contributed by atoms with Gasteiger partial charge in [0.05, 0.1) is 47.2 Å². The van der Waals surface area contributed by atoms with E-state index in [1.807, 2.05) is 12.1 Å². The van der Waals surface area contributed by atoms with Gasteiger partial charge in [-0.3, -0.25) is 9.78 Å². The Morgan fingerprint density at radius 3 is 2.91 bits per heavy atom. The van der Waals surface area contributed by atoms with Crippen LogP contribution in [0.1, 0.15) is 30.2 Å². The van der Waals surface area contributed by atoms with Gasteiger partial charge in [0.1, 0.15) is 18.0 Å². The number of nitrogens with one attached hydrogen (secondary N) is 2. The molecule has 0 unspecified atom stereocenters. The average molecular weight is 498 g/mol. The minimum atomic E-state index is -1.18. The molecule has 3 aromatic heterocycles. The lowest BCUT2D eigenvalue weighted by Gasteiger charge is -2.34. The summed E-state index contributed by atoms with van der Waals surface area (Å²) in [5.41, 5.74) is 2.41. The highest BCUT2D eigenvalue weighted by atomic mass is 32.2. The summed E-state index contributed by atoms with van der Waals surface area (Å²) in [6, 6.07) is 9.13.